The van der Waals surface area contributed by atoms with Gasteiger partial charge in [-0.2, -0.15) is 8.78 Å². The molecular weight excluding hydrogens is 306 g/mol. The van der Waals surface area contributed by atoms with Gasteiger partial charge in [-0.05, 0) is 12.1 Å². The zero-order chi connectivity index (χ0) is 15.5. The highest BCUT2D eigenvalue weighted by molar-refractivity contribution is 7.98. The van der Waals surface area contributed by atoms with E-state index < -0.39 is 6.55 Å². The number of thioether (sulfide) groups is 1. The number of rotatable bonds is 6. The highest BCUT2D eigenvalue weighted by atomic mass is 32.2. The van der Waals surface area contributed by atoms with Gasteiger partial charge in [-0.3, -0.25) is 4.57 Å². The van der Waals surface area contributed by atoms with Crippen LogP contribution < -0.4 is 0 Å². The normalized spacial score (nSPS) is 11.4. The predicted molar refractivity (Wildman–Crippen MR) is 83.0 cm³/mol. The number of para-hydroxylation sites is 2. The van der Waals surface area contributed by atoms with Crippen molar-refractivity contribution >= 4 is 22.8 Å². The maximum absolute atomic E-state index is 12.8. The van der Waals surface area contributed by atoms with Crippen molar-refractivity contribution in [3.05, 3.63) is 55.1 Å². The van der Waals surface area contributed by atoms with E-state index in [1.165, 1.54) is 24.2 Å². The zero-order valence-corrected chi connectivity index (χ0v) is 12.5. The summed E-state index contributed by atoms with van der Waals surface area (Å²) in [6.45, 7) is 1.80. The molecule has 0 unspecified atom stereocenters. The van der Waals surface area contributed by atoms with E-state index in [1.54, 1.807) is 6.08 Å². The fourth-order valence-corrected chi connectivity index (χ4v) is 3.21. The Morgan fingerprint density at radius 2 is 2.14 bits per heavy atom. The van der Waals surface area contributed by atoms with E-state index in [1.807, 2.05) is 28.8 Å². The Balaban J connectivity index is 1.88. The number of halogens is 2. The minimum atomic E-state index is -2.58. The van der Waals surface area contributed by atoms with E-state index in [9.17, 15) is 8.78 Å². The summed E-state index contributed by atoms with van der Waals surface area (Å²) in [4.78, 5) is 8.55. The summed E-state index contributed by atoms with van der Waals surface area (Å²) in [5.41, 5.74) is 1.88. The molecule has 0 bridgehead atoms. The molecule has 1 aromatic carbocycles. The Morgan fingerprint density at radius 3 is 2.91 bits per heavy atom. The zero-order valence-electron chi connectivity index (χ0n) is 11.7. The first kappa shape index (κ1) is 14.8. The highest BCUT2D eigenvalue weighted by Gasteiger charge is 2.14. The number of imidazole rings is 2. The molecule has 0 fully saturated rings. The lowest BCUT2D eigenvalue weighted by Crippen LogP contribution is -2.03. The summed E-state index contributed by atoms with van der Waals surface area (Å²) in [6, 6.07) is 7.78. The first-order valence-corrected chi connectivity index (χ1v) is 7.68. The molecule has 4 nitrogen and oxygen atoms in total. The smallest absolute Gasteiger partial charge is 0.315 e. The number of benzene rings is 1. The van der Waals surface area contributed by atoms with Crippen molar-refractivity contribution in [1.29, 1.82) is 0 Å². The van der Waals surface area contributed by atoms with Crippen molar-refractivity contribution < 1.29 is 8.78 Å². The molecule has 2 aromatic heterocycles. The van der Waals surface area contributed by atoms with Gasteiger partial charge in [0, 0.05) is 18.9 Å². The summed E-state index contributed by atoms with van der Waals surface area (Å²) in [6.07, 6.45) is 4.46. The van der Waals surface area contributed by atoms with Crippen molar-refractivity contribution in [2.45, 2.75) is 24.0 Å². The summed E-state index contributed by atoms with van der Waals surface area (Å²) >= 11 is 1.39. The Kier molecular flexibility index (Phi) is 4.24. The molecule has 0 aliphatic carbocycles. The van der Waals surface area contributed by atoms with Gasteiger partial charge in [-0.15, -0.1) is 6.58 Å². The van der Waals surface area contributed by atoms with Crippen LogP contribution in [0.15, 0.2) is 54.5 Å². The van der Waals surface area contributed by atoms with Crippen LogP contribution >= 0.6 is 11.8 Å². The third-order valence-electron chi connectivity index (χ3n) is 3.22. The first-order valence-electron chi connectivity index (χ1n) is 6.69. The molecule has 0 atom stereocenters. The number of allylic oxidation sites excluding steroid dienone is 1. The topological polar surface area (TPSA) is 35.6 Å². The molecule has 0 saturated carbocycles. The van der Waals surface area contributed by atoms with Gasteiger partial charge in [0.2, 0.25) is 0 Å². The van der Waals surface area contributed by atoms with Gasteiger partial charge in [0.1, 0.15) is 5.82 Å². The third kappa shape index (κ3) is 2.76. The van der Waals surface area contributed by atoms with Crippen LogP contribution in [0.5, 0.6) is 0 Å². The maximum atomic E-state index is 12.8. The third-order valence-corrected chi connectivity index (χ3v) is 4.19. The van der Waals surface area contributed by atoms with Gasteiger partial charge in [-0.1, -0.05) is 30.0 Å². The quantitative estimate of drug-likeness (QED) is 0.506. The monoisotopic (exact) mass is 320 g/mol. The van der Waals surface area contributed by atoms with Gasteiger partial charge in [-0.25, -0.2) is 9.97 Å². The molecule has 114 valence electrons. The lowest BCUT2D eigenvalue weighted by molar-refractivity contribution is 0.0678. The minimum absolute atomic E-state index is 0.331. The van der Waals surface area contributed by atoms with Crippen molar-refractivity contribution in [3.63, 3.8) is 0 Å². The molecule has 0 saturated heterocycles. The molecule has 0 radical (unpaired) electrons. The summed E-state index contributed by atoms with van der Waals surface area (Å²) in [5.74, 6) is 0.662. The highest BCUT2D eigenvalue weighted by Crippen LogP contribution is 2.27. The molecule has 2 heterocycles. The lowest BCUT2D eigenvalue weighted by atomic mass is 10.3. The number of hydrogen-bond donors (Lipinski definition) is 0. The van der Waals surface area contributed by atoms with E-state index in [2.05, 4.69) is 16.5 Å². The molecule has 7 heteroatoms. The van der Waals surface area contributed by atoms with Gasteiger partial charge in [0.05, 0.1) is 16.8 Å². The van der Waals surface area contributed by atoms with E-state index in [-0.39, 0.29) is 0 Å². The molecule has 3 aromatic rings. The Morgan fingerprint density at radius 1 is 1.32 bits per heavy atom. The standard InChI is InChI=1S/C15H14F2N4S/c1-2-8-20-12-6-4-3-5-11(12)19-15(20)22-10-13-18-7-9-21(13)14(16)17/h2-7,9,14H,1,8,10H2. The van der Waals surface area contributed by atoms with Crippen molar-refractivity contribution in [1.82, 2.24) is 19.1 Å². The molecule has 0 amide bonds. The van der Waals surface area contributed by atoms with E-state index in [4.69, 9.17) is 0 Å². The van der Waals surface area contributed by atoms with E-state index in [0.29, 0.717) is 18.1 Å². The number of hydrogen-bond acceptors (Lipinski definition) is 3. The van der Waals surface area contributed by atoms with Gasteiger partial charge in [0.25, 0.3) is 0 Å². The first-order chi connectivity index (χ1) is 10.7. The average molecular weight is 320 g/mol. The second-order valence-electron chi connectivity index (χ2n) is 4.60. The Labute approximate surface area is 130 Å². The minimum Gasteiger partial charge on any atom is -0.315 e. The summed E-state index contributed by atoms with van der Waals surface area (Å²) in [5, 5.41) is 0.768. The van der Waals surface area contributed by atoms with Crippen LogP contribution in [0.1, 0.15) is 12.4 Å². The van der Waals surface area contributed by atoms with Gasteiger partial charge >= 0.3 is 6.55 Å². The van der Waals surface area contributed by atoms with Gasteiger partial charge in [0.15, 0.2) is 5.16 Å². The fraction of sp³-hybridized carbons (Fsp3) is 0.200. The number of aromatic nitrogens is 4. The van der Waals surface area contributed by atoms with Crippen molar-refractivity contribution in [3.8, 4) is 0 Å². The average Bonchev–Trinajstić information content (AvgIpc) is 3.10. The van der Waals surface area contributed by atoms with Crippen LogP contribution in [0.4, 0.5) is 8.78 Å². The predicted octanol–water partition coefficient (Wildman–Crippen LogP) is 4.11. The number of alkyl halides is 2. The van der Waals surface area contributed by atoms with Crippen LogP contribution in [0.2, 0.25) is 0 Å². The SMILES string of the molecule is C=CCn1c(SCc2nccn2C(F)F)nc2ccccc21. The second kappa shape index (κ2) is 6.31. The molecule has 0 aliphatic heterocycles. The van der Waals surface area contributed by atoms with Crippen molar-refractivity contribution in [2.75, 3.05) is 0 Å². The number of nitrogens with zero attached hydrogens (tertiary/aromatic N) is 4. The molecule has 22 heavy (non-hydrogen) atoms. The van der Waals surface area contributed by atoms with E-state index >= 15 is 0 Å². The Hall–Kier alpha value is -2.15. The number of fused-ring (bicyclic) bond motifs is 1. The van der Waals surface area contributed by atoms with Crippen LogP contribution in [0.25, 0.3) is 11.0 Å². The molecule has 0 spiro atoms. The largest absolute Gasteiger partial charge is 0.319 e. The Bertz CT molecular complexity index is 794. The second-order valence-corrected chi connectivity index (χ2v) is 5.54. The molecule has 0 N–H and O–H groups in total. The summed E-state index contributed by atoms with van der Waals surface area (Å²) < 4.78 is 28.6. The van der Waals surface area contributed by atoms with E-state index in [0.717, 1.165) is 20.8 Å². The van der Waals surface area contributed by atoms with Crippen LogP contribution in [0.3, 0.4) is 0 Å². The lowest BCUT2D eigenvalue weighted by Gasteiger charge is -2.07. The molecule has 0 aliphatic rings. The maximum Gasteiger partial charge on any atom is 0.319 e. The summed E-state index contributed by atoms with van der Waals surface area (Å²) in [7, 11) is 0. The van der Waals surface area contributed by atoms with Crippen molar-refractivity contribution in [2.24, 2.45) is 0 Å². The fourth-order valence-electron chi connectivity index (χ4n) is 2.23. The van der Waals surface area contributed by atoms with Crippen LogP contribution in [0, 0.1) is 0 Å². The van der Waals surface area contributed by atoms with Gasteiger partial charge < -0.3 is 4.57 Å². The van der Waals surface area contributed by atoms with Crippen LogP contribution in [-0.2, 0) is 12.3 Å². The van der Waals surface area contributed by atoms with Crippen LogP contribution in [-0.4, -0.2) is 19.1 Å². The molecular formula is C15H14F2N4S. The molecule has 3 rings (SSSR count).